The Morgan fingerprint density at radius 3 is 2.75 bits per heavy atom. The minimum absolute atomic E-state index is 0.279. The van der Waals surface area contributed by atoms with Gasteiger partial charge in [0, 0.05) is 28.6 Å². The van der Waals surface area contributed by atoms with Gasteiger partial charge in [0.2, 0.25) is 0 Å². The van der Waals surface area contributed by atoms with Crippen LogP contribution in [0.25, 0.3) is 11.0 Å². The maximum absolute atomic E-state index is 12.0. The quantitative estimate of drug-likeness (QED) is 0.673. The van der Waals surface area contributed by atoms with Gasteiger partial charge in [0.15, 0.2) is 0 Å². The maximum Gasteiger partial charge on any atom is 0.339 e. The summed E-state index contributed by atoms with van der Waals surface area (Å²) in [5, 5.41) is 0.979. The topological polar surface area (TPSA) is 55.8 Å². The third kappa shape index (κ3) is 2.32. The zero-order chi connectivity index (χ0) is 16.8. The number of nitrogens with zero attached hydrogens (tertiary/aromatic N) is 1. The van der Waals surface area contributed by atoms with Crippen molar-refractivity contribution in [2.75, 3.05) is 6.73 Å². The van der Waals surface area contributed by atoms with E-state index < -0.39 is 0 Å². The fraction of sp³-hybridized carbons (Fsp3) is 0.316. The minimum atomic E-state index is -0.279. The second-order valence-electron chi connectivity index (χ2n) is 6.35. The van der Waals surface area contributed by atoms with E-state index in [0.717, 1.165) is 40.1 Å². The lowest BCUT2D eigenvalue weighted by atomic mass is 9.99. The molecule has 0 unspecified atom stereocenters. The Hall–Kier alpha value is -2.53. The van der Waals surface area contributed by atoms with E-state index in [4.69, 9.17) is 13.6 Å². The smallest absolute Gasteiger partial charge is 0.339 e. The molecular formula is C19H19NO4. The van der Waals surface area contributed by atoms with Crippen LogP contribution in [0.15, 0.2) is 38.1 Å². The molecule has 0 radical (unpaired) electrons. The second-order valence-corrected chi connectivity index (χ2v) is 6.35. The molecule has 5 nitrogen and oxygen atoms in total. The van der Waals surface area contributed by atoms with Gasteiger partial charge in [-0.15, -0.1) is 0 Å². The Morgan fingerprint density at radius 2 is 2.00 bits per heavy atom. The van der Waals surface area contributed by atoms with E-state index in [9.17, 15) is 4.79 Å². The molecule has 0 saturated carbocycles. The third-order valence-corrected chi connectivity index (χ3v) is 4.75. The number of benzene rings is 1. The Morgan fingerprint density at radius 1 is 1.17 bits per heavy atom. The van der Waals surface area contributed by atoms with E-state index in [2.05, 4.69) is 11.0 Å². The number of ether oxygens (including phenoxy) is 1. The van der Waals surface area contributed by atoms with Crippen molar-refractivity contribution in [2.24, 2.45) is 0 Å². The van der Waals surface area contributed by atoms with Crippen molar-refractivity contribution in [1.82, 2.24) is 4.90 Å². The van der Waals surface area contributed by atoms with Gasteiger partial charge in [-0.3, -0.25) is 4.90 Å². The van der Waals surface area contributed by atoms with Crippen LogP contribution in [0.1, 0.15) is 28.0 Å². The molecule has 0 N–H and O–H groups in total. The summed E-state index contributed by atoms with van der Waals surface area (Å²) in [5.74, 6) is 1.74. The van der Waals surface area contributed by atoms with Gasteiger partial charge in [0.25, 0.3) is 0 Å². The Bertz CT molecular complexity index is 969. The maximum atomic E-state index is 12.0. The highest BCUT2D eigenvalue weighted by Crippen LogP contribution is 2.36. The molecular weight excluding hydrogens is 306 g/mol. The standard InChI is InChI=1S/C19H19NO4/c1-11-12(2)19(21)24-18-13(3)17-14(7-16(11)18)8-20(10-23-17)9-15-5-4-6-22-15/h4-7H,8-10H2,1-3H3. The lowest BCUT2D eigenvalue weighted by Gasteiger charge is -2.29. The highest BCUT2D eigenvalue weighted by Gasteiger charge is 2.23. The van der Waals surface area contributed by atoms with Crippen molar-refractivity contribution in [3.63, 3.8) is 0 Å². The Kier molecular flexibility index (Phi) is 3.46. The van der Waals surface area contributed by atoms with Gasteiger partial charge >= 0.3 is 5.63 Å². The van der Waals surface area contributed by atoms with Gasteiger partial charge in [0.1, 0.15) is 23.8 Å². The number of aryl methyl sites for hydroxylation is 2. The van der Waals surface area contributed by atoms with E-state index in [1.54, 1.807) is 13.2 Å². The Balaban J connectivity index is 1.78. The van der Waals surface area contributed by atoms with Gasteiger partial charge in [-0.25, -0.2) is 4.79 Å². The average Bonchev–Trinajstić information content (AvgIpc) is 3.07. The van der Waals surface area contributed by atoms with Gasteiger partial charge in [-0.1, -0.05) is 0 Å². The molecule has 24 heavy (non-hydrogen) atoms. The van der Waals surface area contributed by atoms with Gasteiger partial charge in [0.05, 0.1) is 12.8 Å². The van der Waals surface area contributed by atoms with Gasteiger partial charge in [-0.05, 0) is 44.5 Å². The van der Waals surface area contributed by atoms with Crippen molar-refractivity contribution < 1.29 is 13.6 Å². The van der Waals surface area contributed by atoms with Crippen molar-refractivity contribution >= 4 is 11.0 Å². The summed E-state index contributed by atoms with van der Waals surface area (Å²) in [5.41, 5.74) is 3.97. The fourth-order valence-corrected chi connectivity index (χ4v) is 3.27. The first-order valence-electron chi connectivity index (χ1n) is 7.98. The van der Waals surface area contributed by atoms with Crippen LogP contribution >= 0.6 is 0 Å². The number of hydrogen-bond donors (Lipinski definition) is 0. The first kappa shape index (κ1) is 15.0. The van der Waals surface area contributed by atoms with Crippen LogP contribution in [0.3, 0.4) is 0 Å². The van der Waals surface area contributed by atoms with Crippen LogP contribution < -0.4 is 10.4 Å². The number of fused-ring (bicyclic) bond motifs is 2. The zero-order valence-corrected chi connectivity index (χ0v) is 14.0. The molecule has 3 aromatic rings. The molecule has 1 aliphatic heterocycles. The molecule has 0 aliphatic carbocycles. The lowest BCUT2D eigenvalue weighted by molar-refractivity contribution is 0.0818. The third-order valence-electron chi connectivity index (χ3n) is 4.75. The monoisotopic (exact) mass is 325 g/mol. The van der Waals surface area contributed by atoms with E-state index in [-0.39, 0.29) is 5.63 Å². The summed E-state index contributed by atoms with van der Waals surface area (Å²) in [6.07, 6.45) is 1.68. The molecule has 0 saturated heterocycles. The lowest BCUT2D eigenvalue weighted by Crippen LogP contribution is -2.31. The molecule has 0 bridgehead atoms. The fourth-order valence-electron chi connectivity index (χ4n) is 3.27. The van der Waals surface area contributed by atoms with Crippen LogP contribution in [0.4, 0.5) is 0 Å². The van der Waals surface area contributed by atoms with Crippen LogP contribution in [0.2, 0.25) is 0 Å². The van der Waals surface area contributed by atoms with Crippen LogP contribution in [0.5, 0.6) is 5.75 Å². The molecule has 1 aliphatic rings. The van der Waals surface area contributed by atoms with E-state index in [1.807, 2.05) is 26.0 Å². The van der Waals surface area contributed by atoms with Crippen molar-refractivity contribution in [3.05, 3.63) is 62.9 Å². The summed E-state index contributed by atoms with van der Waals surface area (Å²) in [7, 11) is 0. The molecule has 0 amide bonds. The predicted octanol–water partition coefficient (Wildman–Crippen LogP) is 3.66. The average molecular weight is 325 g/mol. The van der Waals surface area contributed by atoms with E-state index in [0.29, 0.717) is 24.4 Å². The van der Waals surface area contributed by atoms with E-state index >= 15 is 0 Å². The Labute approximate surface area is 139 Å². The van der Waals surface area contributed by atoms with Crippen molar-refractivity contribution in [3.8, 4) is 5.75 Å². The summed E-state index contributed by atoms with van der Waals surface area (Å²) in [6.45, 7) is 7.66. The molecule has 2 aromatic heterocycles. The first-order chi connectivity index (χ1) is 11.5. The molecule has 3 heterocycles. The molecule has 0 fully saturated rings. The molecule has 0 spiro atoms. The minimum Gasteiger partial charge on any atom is -0.477 e. The normalized spacial score (nSPS) is 14.6. The molecule has 4 rings (SSSR count). The van der Waals surface area contributed by atoms with Gasteiger partial charge < -0.3 is 13.6 Å². The first-order valence-corrected chi connectivity index (χ1v) is 7.98. The summed E-state index contributed by atoms with van der Waals surface area (Å²) in [6, 6.07) is 5.93. The number of hydrogen-bond acceptors (Lipinski definition) is 5. The second kappa shape index (κ2) is 5.53. The summed E-state index contributed by atoms with van der Waals surface area (Å²) in [4.78, 5) is 14.2. The molecule has 1 aromatic carbocycles. The number of furan rings is 1. The highest BCUT2D eigenvalue weighted by molar-refractivity contribution is 5.87. The van der Waals surface area contributed by atoms with Crippen LogP contribution in [-0.2, 0) is 13.1 Å². The van der Waals surface area contributed by atoms with Gasteiger partial charge in [-0.2, -0.15) is 0 Å². The molecule has 5 heteroatoms. The predicted molar refractivity (Wildman–Crippen MR) is 90.1 cm³/mol. The summed E-state index contributed by atoms with van der Waals surface area (Å²) >= 11 is 0. The number of rotatable bonds is 2. The molecule has 124 valence electrons. The highest BCUT2D eigenvalue weighted by atomic mass is 16.5. The zero-order valence-electron chi connectivity index (χ0n) is 14.0. The van der Waals surface area contributed by atoms with Crippen molar-refractivity contribution in [1.29, 1.82) is 0 Å². The van der Waals surface area contributed by atoms with Crippen LogP contribution in [0, 0.1) is 20.8 Å². The van der Waals surface area contributed by atoms with Crippen LogP contribution in [-0.4, -0.2) is 11.6 Å². The summed E-state index contributed by atoms with van der Waals surface area (Å²) < 4.78 is 16.9. The van der Waals surface area contributed by atoms with Crippen molar-refractivity contribution in [2.45, 2.75) is 33.9 Å². The van der Waals surface area contributed by atoms with E-state index in [1.165, 1.54) is 0 Å². The largest absolute Gasteiger partial charge is 0.477 e. The molecule has 0 atom stereocenters. The SMILES string of the molecule is Cc1c(C)c2cc3c(c(C)c2oc1=O)OCN(Cc1ccco1)C3.